The van der Waals surface area contributed by atoms with E-state index in [0.717, 1.165) is 0 Å². The van der Waals surface area contributed by atoms with Crippen molar-refractivity contribution in [1.29, 1.82) is 0 Å². The number of carboxylic acids is 1. The highest BCUT2D eigenvalue weighted by molar-refractivity contribution is 5.87. The van der Waals surface area contributed by atoms with Crippen molar-refractivity contribution in [2.75, 3.05) is 11.9 Å². The van der Waals surface area contributed by atoms with Crippen molar-refractivity contribution in [3.05, 3.63) is 6.33 Å². The van der Waals surface area contributed by atoms with Gasteiger partial charge in [-0.25, -0.2) is 9.48 Å². The van der Waals surface area contributed by atoms with Gasteiger partial charge < -0.3 is 10.4 Å². The third-order valence-electron chi connectivity index (χ3n) is 2.22. The van der Waals surface area contributed by atoms with Crippen LogP contribution in [0.15, 0.2) is 6.33 Å². The van der Waals surface area contributed by atoms with E-state index in [1.54, 1.807) is 14.0 Å². The number of hydrogen-bond donors (Lipinski definition) is 3. The first-order chi connectivity index (χ1) is 8.00. The molecule has 17 heavy (non-hydrogen) atoms. The summed E-state index contributed by atoms with van der Waals surface area (Å²) in [5, 5.41) is 17.5. The topological polar surface area (TPSA) is 109 Å². The van der Waals surface area contributed by atoms with E-state index in [-0.39, 0.29) is 6.54 Å². The Morgan fingerprint density at radius 2 is 2.29 bits per heavy atom. The summed E-state index contributed by atoms with van der Waals surface area (Å²) in [6, 6.07) is -0.432. The molecule has 3 N–H and O–H groups in total. The largest absolute Gasteiger partial charge is 0.481 e. The average Bonchev–Trinajstić information content (AvgIpc) is 2.64. The molecule has 0 radical (unpaired) electrons. The van der Waals surface area contributed by atoms with Crippen LogP contribution in [0.3, 0.4) is 0 Å². The van der Waals surface area contributed by atoms with Crippen molar-refractivity contribution in [2.45, 2.75) is 13.3 Å². The smallest absolute Gasteiger partial charge is 0.321 e. The van der Waals surface area contributed by atoms with Gasteiger partial charge in [-0.1, -0.05) is 6.92 Å². The minimum Gasteiger partial charge on any atom is -0.481 e. The van der Waals surface area contributed by atoms with Crippen molar-refractivity contribution >= 4 is 17.9 Å². The van der Waals surface area contributed by atoms with Crippen LogP contribution in [0.25, 0.3) is 0 Å². The number of carboxylic acid groups (broad SMARTS) is 1. The number of rotatable bonds is 5. The van der Waals surface area contributed by atoms with Crippen molar-refractivity contribution in [2.24, 2.45) is 13.0 Å². The van der Waals surface area contributed by atoms with E-state index in [2.05, 4.69) is 20.7 Å². The second kappa shape index (κ2) is 5.83. The van der Waals surface area contributed by atoms with Crippen molar-refractivity contribution < 1.29 is 14.7 Å². The predicted molar refractivity (Wildman–Crippen MR) is 59.4 cm³/mol. The second-order valence-electron chi connectivity index (χ2n) is 3.62. The minimum atomic E-state index is -0.875. The number of aryl methyl sites for hydroxylation is 1. The highest BCUT2D eigenvalue weighted by Crippen LogP contribution is 2.00. The molecular formula is C9H15N5O3. The lowest BCUT2D eigenvalue weighted by Gasteiger charge is -2.08. The Morgan fingerprint density at radius 3 is 2.82 bits per heavy atom. The second-order valence-corrected chi connectivity index (χ2v) is 3.62. The zero-order chi connectivity index (χ0) is 12.8. The average molecular weight is 241 g/mol. The summed E-state index contributed by atoms with van der Waals surface area (Å²) >= 11 is 0. The molecule has 0 bridgehead atoms. The first-order valence-corrected chi connectivity index (χ1v) is 5.12. The molecule has 0 aliphatic heterocycles. The lowest BCUT2D eigenvalue weighted by molar-refractivity contribution is -0.141. The van der Waals surface area contributed by atoms with Gasteiger partial charge in [0.15, 0.2) is 0 Å². The molecule has 1 heterocycles. The van der Waals surface area contributed by atoms with Crippen LogP contribution < -0.4 is 10.6 Å². The van der Waals surface area contributed by atoms with E-state index in [4.69, 9.17) is 5.11 Å². The van der Waals surface area contributed by atoms with Crippen LogP contribution in [-0.2, 0) is 11.8 Å². The first kappa shape index (κ1) is 12.9. The minimum absolute atomic E-state index is 0.289. The lowest BCUT2D eigenvalue weighted by Crippen LogP contribution is -2.32. The maximum absolute atomic E-state index is 11.4. The summed E-state index contributed by atoms with van der Waals surface area (Å²) in [6.45, 7) is 1.88. The van der Waals surface area contributed by atoms with Gasteiger partial charge in [-0.3, -0.25) is 10.1 Å². The lowest BCUT2D eigenvalue weighted by atomic mass is 10.1. The highest BCUT2D eigenvalue weighted by atomic mass is 16.4. The van der Waals surface area contributed by atoms with Gasteiger partial charge in [0.25, 0.3) is 0 Å². The summed E-state index contributed by atoms with van der Waals surface area (Å²) in [7, 11) is 1.65. The standard InChI is InChI=1S/C9H15N5O3/c1-6(7(15)16)3-4-10-9(17)13-8-11-5-12-14(8)2/h5-6H,3-4H2,1-2H3,(H,15,16)(H2,10,11,12,13,17). The van der Waals surface area contributed by atoms with Crippen LogP contribution in [0, 0.1) is 5.92 Å². The fraction of sp³-hybridized carbons (Fsp3) is 0.556. The molecule has 1 atom stereocenters. The van der Waals surface area contributed by atoms with Crippen molar-refractivity contribution in [3.63, 3.8) is 0 Å². The Bertz CT molecular complexity index is 403. The number of carbonyl (C=O) groups is 2. The number of anilines is 1. The van der Waals surface area contributed by atoms with E-state index in [1.807, 2.05) is 0 Å². The van der Waals surface area contributed by atoms with Gasteiger partial charge in [-0.15, -0.1) is 0 Å². The molecule has 0 aromatic carbocycles. The zero-order valence-corrected chi connectivity index (χ0v) is 9.67. The van der Waals surface area contributed by atoms with E-state index in [0.29, 0.717) is 12.4 Å². The Balaban J connectivity index is 2.27. The van der Waals surface area contributed by atoms with Crippen molar-refractivity contribution in [3.8, 4) is 0 Å². The van der Waals surface area contributed by atoms with Gasteiger partial charge in [0.05, 0.1) is 5.92 Å². The van der Waals surface area contributed by atoms with Crippen LogP contribution in [0.1, 0.15) is 13.3 Å². The number of hydrogen-bond acceptors (Lipinski definition) is 4. The van der Waals surface area contributed by atoms with Gasteiger partial charge in [-0.2, -0.15) is 10.1 Å². The molecule has 0 aliphatic carbocycles. The van der Waals surface area contributed by atoms with E-state index in [1.165, 1.54) is 11.0 Å². The quantitative estimate of drug-likeness (QED) is 0.674. The maximum Gasteiger partial charge on any atom is 0.321 e. The number of carbonyl (C=O) groups excluding carboxylic acids is 1. The van der Waals surface area contributed by atoms with Crippen LogP contribution in [0.4, 0.5) is 10.7 Å². The summed E-state index contributed by atoms with van der Waals surface area (Å²) in [5.41, 5.74) is 0. The van der Waals surface area contributed by atoms with Gasteiger partial charge in [0.2, 0.25) is 5.95 Å². The molecule has 8 heteroatoms. The molecule has 1 unspecified atom stereocenters. The van der Waals surface area contributed by atoms with E-state index in [9.17, 15) is 9.59 Å². The Hall–Kier alpha value is -2.12. The Kier molecular flexibility index (Phi) is 4.44. The summed E-state index contributed by atoms with van der Waals surface area (Å²) in [5.74, 6) is -1.03. The maximum atomic E-state index is 11.4. The van der Waals surface area contributed by atoms with Crippen LogP contribution in [0.5, 0.6) is 0 Å². The van der Waals surface area contributed by atoms with E-state index < -0.39 is 17.9 Å². The summed E-state index contributed by atoms with van der Waals surface area (Å²) in [4.78, 5) is 25.7. The predicted octanol–water partition coefficient (Wildman–Crippen LogP) is 0.0474. The van der Waals surface area contributed by atoms with Crippen LogP contribution >= 0.6 is 0 Å². The van der Waals surface area contributed by atoms with Gasteiger partial charge in [0.1, 0.15) is 6.33 Å². The molecule has 0 saturated heterocycles. The molecule has 1 aromatic rings. The molecule has 2 amide bonds. The molecule has 0 aliphatic rings. The normalized spacial score (nSPS) is 11.9. The van der Waals surface area contributed by atoms with Gasteiger partial charge >= 0.3 is 12.0 Å². The van der Waals surface area contributed by atoms with Crippen LogP contribution in [-0.4, -0.2) is 38.4 Å². The fourth-order valence-electron chi connectivity index (χ4n) is 1.08. The number of urea groups is 1. The number of aromatic nitrogens is 3. The van der Waals surface area contributed by atoms with Gasteiger partial charge in [0, 0.05) is 13.6 Å². The van der Waals surface area contributed by atoms with Gasteiger partial charge in [-0.05, 0) is 6.42 Å². The van der Waals surface area contributed by atoms with Crippen LogP contribution in [0.2, 0.25) is 0 Å². The molecule has 94 valence electrons. The molecule has 0 saturated carbocycles. The van der Waals surface area contributed by atoms with E-state index >= 15 is 0 Å². The third-order valence-corrected chi connectivity index (χ3v) is 2.22. The number of nitrogens with zero attached hydrogens (tertiary/aromatic N) is 3. The van der Waals surface area contributed by atoms with Crippen molar-refractivity contribution in [1.82, 2.24) is 20.1 Å². The molecule has 0 fully saturated rings. The molecule has 1 aromatic heterocycles. The summed E-state index contributed by atoms with van der Waals surface area (Å²) in [6.07, 6.45) is 1.70. The Labute approximate surface area is 98.0 Å². The zero-order valence-electron chi connectivity index (χ0n) is 9.67. The number of aliphatic carboxylic acids is 1. The molecule has 8 nitrogen and oxygen atoms in total. The SMILES string of the molecule is CC(CCNC(=O)Nc1ncnn1C)C(=O)O. The fourth-order valence-corrected chi connectivity index (χ4v) is 1.08. The first-order valence-electron chi connectivity index (χ1n) is 5.12. The molecular weight excluding hydrogens is 226 g/mol. The Morgan fingerprint density at radius 1 is 1.59 bits per heavy atom. The third kappa shape index (κ3) is 4.09. The number of amides is 2. The molecule has 0 spiro atoms. The highest BCUT2D eigenvalue weighted by Gasteiger charge is 2.11. The monoisotopic (exact) mass is 241 g/mol. The summed E-state index contributed by atoms with van der Waals surface area (Å²) < 4.78 is 1.42. The number of nitrogens with one attached hydrogen (secondary N) is 2. The molecule has 1 rings (SSSR count).